The van der Waals surface area contributed by atoms with Crippen molar-refractivity contribution in [1.29, 1.82) is 0 Å². The largest absolute Gasteiger partial charge is 0.391 e. The minimum absolute atomic E-state index is 0.169. The van der Waals surface area contributed by atoms with Crippen molar-refractivity contribution in [1.82, 2.24) is 5.32 Å². The van der Waals surface area contributed by atoms with Crippen molar-refractivity contribution in [2.24, 2.45) is 5.92 Å². The van der Waals surface area contributed by atoms with Gasteiger partial charge in [0.05, 0.1) is 6.10 Å². The van der Waals surface area contributed by atoms with Crippen LogP contribution >= 0.6 is 0 Å². The van der Waals surface area contributed by atoms with Crippen LogP contribution in [-0.4, -0.2) is 30.6 Å². The monoisotopic (exact) mass is 257 g/mol. The Morgan fingerprint density at radius 2 is 1.72 bits per heavy atom. The van der Waals surface area contributed by atoms with Gasteiger partial charge in [0, 0.05) is 18.9 Å². The van der Waals surface area contributed by atoms with Gasteiger partial charge in [-0.1, -0.05) is 46.0 Å². The Balaban J connectivity index is 4.11. The third-order valence-electron chi connectivity index (χ3n) is 3.39. The number of likely N-dealkylation sites (N-methyl/N-ethyl adjacent to an activating group) is 1. The molecule has 0 aliphatic heterocycles. The average Bonchev–Trinajstić information content (AvgIpc) is 2.33. The van der Waals surface area contributed by atoms with Crippen molar-refractivity contribution in [3.05, 3.63) is 0 Å². The van der Waals surface area contributed by atoms with Gasteiger partial charge < -0.3 is 10.4 Å². The van der Waals surface area contributed by atoms with E-state index in [4.69, 9.17) is 0 Å². The van der Waals surface area contributed by atoms with E-state index in [9.17, 15) is 9.90 Å². The van der Waals surface area contributed by atoms with Crippen molar-refractivity contribution >= 4 is 5.78 Å². The number of aliphatic hydroxyl groups excluding tert-OH is 1. The first-order valence-electron chi connectivity index (χ1n) is 7.51. The van der Waals surface area contributed by atoms with Crippen molar-refractivity contribution in [2.75, 3.05) is 13.6 Å². The maximum atomic E-state index is 12.1. The van der Waals surface area contributed by atoms with E-state index in [1.807, 2.05) is 0 Å². The highest BCUT2D eigenvalue weighted by Crippen LogP contribution is 2.20. The fraction of sp³-hybridized carbons (Fsp3) is 0.933. The molecule has 108 valence electrons. The van der Waals surface area contributed by atoms with E-state index in [0.717, 1.165) is 32.1 Å². The molecule has 2 atom stereocenters. The van der Waals surface area contributed by atoms with Gasteiger partial charge in [-0.25, -0.2) is 0 Å². The molecule has 0 aromatic carbocycles. The van der Waals surface area contributed by atoms with Crippen molar-refractivity contribution in [3.63, 3.8) is 0 Å². The second-order valence-electron chi connectivity index (χ2n) is 5.22. The van der Waals surface area contributed by atoms with Crippen molar-refractivity contribution in [2.45, 2.75) is 71.3 Å². The molecule has 0 radical (unpaired) electrons. The van der Waals surface area contributed by atoms with Gasteiger partial charge in [0.1, 0.15) is 5.78 Å². The molecule has 0 spiro atoms. The highest BCUT2D eigenvalue weighted by atomic mass is 16.3. The second-order valence-corrected chi connectivity index (χ2v) is 5.22. The van der Waals surface area contributed by atoms with E-state index in [-0.39, 0.29) is 11.7 Å². The summed E-state index contributed by atoms with van der Waals surface area (Å²) in [6.45, 7) is 4.84. The van der Waals surface area contributed by atoms with Crippen LogP contribution in [0.1, 0.15) is 65.2 Å². The smallest absolute Gasteiger partial charge is 0.138 e. The van der Waals surface area contributed by atoms with Crippen LogP contribution in [-0.2, 0) is 4.79 Å². The maximum Gasteiger partial charge on any atom is 0.138 e. The predicted octanol–water partition coefficient (Wildman–Crippen LogP) is 2.91. The van der Waals surface area contributed by atoms with Gasteiger partial charge in [-0.05, 0) is 19.9 Å². The van der Waals surface area contributed by atoms with E-state index in [0.29, 0.717) is 13.0 Å². The minimum atomic E-state index is -0.530. The molecule has 0 aliphatic carbocycles. The molecule has 0 saturated carbocycles. The molecule has 0 amide bonds. The van der Waals surface area contributed by atoms with E-state index in [1.165, 1.54) is 12.8 Å². The lowest BCUT2D eigenvalue weighted by molar-refractivity contribution is -0.125. The van der Waals surface area contributed by atoms with Gasteiger partial charge >= 0.3 is 0 Å². The summed E-state index contributed by atoms with van der Waals surface area (Å²) in [5.41, 5.74) is 0. The van der Waals surface area contributed by atoms with Gasteiger partial charge in [0.25, 0.3) is 0 Å². The highest BCUT2D eigenvalue weighted by Gasteiger charge is 2.20. The van der Waals surface area contributed by atoms with Gasteiger partial charge in [-0.2, -0.15) is 0 Å². The molecule has 0 bridgehead atoms. The number of rotatable bonds is 12. The average molecular weight is 257 g/mol. The number of unbranched alkanes of at least 4 members (excludes halogenated alkanes) is 3. The first-order valence-corrected chi connectivity index (χ1v) is 7.51. The number of ketones is 1. The van der Waals surface area contributed by atoms with Gasteiger partial charge in [-0.3, -0.25) is 4.79 Å². The van der Waals surface area contributed by atoms with Crippen molar-refractivity contribution in [3.8, 4) is 0 Å². The zero-order valence-corrected chi connectivity index (χ0v) is 12.4. The molecule has 18 heavy (non-hydrogen) atoms. The number of aliphatic hydroxyl groups is 1. The van der Waals surface area contributed by atoms with Crippen molar-refractivity contribution < 1.29 is 9.90 Å². The van der Waals surface area contributed by atoms with E-state index >= 15 is 0 Å². The number of hydrogen-bond donors (Lipinski definition) is 2. The molecule has 0 saturated heterocycles. The molecular weight excluding hydrogens is 226 g/mol. The summed E-state index contributed by atoms with van der Waals surface area (Å²) in [7, 11) is 1.80. The fourth-order valence-corrected chi connectivity index (χ4v) is 2.26. The predicted molar refractivity (Wildman–Crippen MR) is 76.7 cm³/mol. The van der Waals surface area contributed by atoms with Crippen LogP contribution in [0, 0.1) is 5.92 Å². The number of nitrogens with one attached hydrogen (secondary N) is 1. The molecule has 2 N–H and O–H groups in total. The van der Waals surface area contributed by atoms with Gasteiger partial charge in [0.15, 0.2) is 0 Å². The summed E-state index contributed by atoms with van der Waals surface area (Å²) in [5.74, 6) is 0.422. The Morgan fingerprint density at radius 3 is 2.28 bits per heavy atom. The molecule has 0 fully saturated rings. The Labute approximate surface area is 112 Å². The van der Waals surface area contributed by atoms with Crippen LogP contribution in [0.2, 0.25) is 0 Å². The number of hydrogen-bond acceptors (Lipinski definition) is 3. The Morgan fingerprint density at radius 1 is 1.11 bits per heavy atom. The van der Waals surface area contributed by atoms with Gasteiger partial charge in [-0.15, -0.1) is 0 Å². The van der Waals surface area contributed by atoms with Gasteiger partial charge in [0.2, 0.25) is 0 Å². The molecule has 3 nitrogen and oxygen atoms in total. The Bertz CT molecular complexity index is 207. The lowest BCUT2D eigenvalue weighted by Crippen LogP contribution is -2.28. The zero-order valence-electron chi connectivity index (χ0n) is 12.4. The molecule has 0 aromatic heterocycles. The summed E-state index contributed by atoms with van der Waals surface area (Å²) in [5, 5.41) is 12.6. The lowest BCUT2D eigenvalue weighted by atomic mass is 9.89. The lowest BCUT2D eigenvalue weighted by Gasteiger charge is -2.17. The number of Topliss-reactive ketones (excluding diaryl/α,β-unsaturated/α-hetero) is 1. The van der Waals surface area contributed by atoms with Crippen LogP contribution in [0.5, 0.6) is 0 Å². The Hall–Kier alpha value is -0.410. The third kappa shape index (κ3) is 8.65. The zero-order chi connectivity index (χ0) is 13.8. The van der Waals surface area contributed by atoms with E-state index in [2.05, 4.69) is 19.2 Å². The molecule has 0 aliphatic rings. The summed E-state index contributed by atoms with van der Waals surface area (Å²) in [4.78, 5) is 12.1. The summed E-state index contributed by atoms with van der Waals surface area (Å²) >= 11 is 0. The second kappa shape index (κ2) is 11.7. The fourth-order valence-electron chi connectivity index (χ4n) is 2.26. The number of carbonyl (C=O) groups is 1. The highest BCUT2D eigenvalue weighted by molar-refractivity contribution is 5.81. The topological polar surface area (TPSA) is 49.3 Å². The van der Waals surface area contributed by atoms with Crippen LogP contribution in [0.3, 0.4) is 0 Å². The third-order valence-corrected chi connectivity index (χ3v) is 3.39. The molecule has 0 rings (SSSR count). The molecule has 2 unspecified atom stereocenters. The SMILES string of the molecule is CCCCCC(CCCC)C(=O)CC(O)CNC. The minimum Gasteiger partial charge on any atom is -0.391 e. The summed E-state index contributed by atoms with van der Waals surface area (Å²) in [6.07, 6.45) is 7.55. The van der Waals surface area contributed by atoms with Crippen LogP contribution in [0.25, 0.3) is 0 Å². The summed E-state index contributed by atoms with van der Waals surface area (Å²) < 4.78 is 0. The molecule has 3 heteroatoms. The number of carbonyl (C=O) groups excluding carboxylic acids is 1. The Kier molecular flexibility index (Phi) is 11.4. The van der Waals surface area contributed by atoms with Crippen LogP contribution in [0.15, 0.2) is 0 Å². The summed E-state index contributed by atoms with van der Waals surface area (Å²) in [6, 6.07) is 0. The molecule has 0 aromatic rings. The van der Waals surface area contributed by atoms with E-state index in [1.54, 1.807) is 7.05 Å². The first-order chi connectivity index (χ1) is 8.65. The standard InChI is InChI=1S/C15H31NO2/c1-4-6-8-10-13(9-7-5-2)15(18)11-14(17)12-16-3/h13-14,16-17H,4-12H2,1-3H3. The van der Waals surface area contributed by atoms with E-state index < -0.39 is 6.10 Å². The van der Waals surface area contributed by atoms with Crippen LogP contribution < -0.4 is 5.32 Å². The molecule has 0 heterocycles. The van der Waals surface area contributed by atoms with Crippen LogP contribution in [0.4, 0.5) is 0 Å². The quantitative estimate of drug-likeness (QED) is 0.529. The maximum absolute atomic E-state index is 12.1. The molecular formula is C15H31NO2. The first kappa shape index (κ1) is 17.6. The normalized spacial score (nSPS) is 14.4.